The molecule has 0 aromatic carbocycles. The van der Waals surface area contributed by atoms with Crippen molar-refractivity contribution in [2.45, 2.75) is 37.9 Å². The van der Waals surface area contributed by atoms with Crippen LogP contribution >= 0.6 is 0 Å². The number of piperidine rings is 1. The number of hydrogen-bond acceptors (Lipinski definition) is 3. The lowest BCUT2D eigenvalue weighted by molar-refractivity contribution is -0.125. The van der Waals surface area contributed by atoms with Gasteiger partial charge in [-0.2, -0.15) is 0 Å². The van der Waals surface area contributed by atoms with Crippen molar-refractivity contribution in [3.8, 4) is 0 Å². The third kappa shape index (κ3) is 2.29. The Kier molecular flexibility index (Phi) is 2.96. The van der Waals surface area contributed by atoms with Gasteiger partial charge in [-0.3, -0.25) is 0 Å². The highest BCUT2D eigenvalue weighted by molar-refractivity contribution is 5.55. The molecule has 2 aliphatic rings. The molecule has 1 saturated heterocycles. The molecule has 0 bridgehead atoms. The van der Waals surface area contributed by atoms with Crippen LogP contribution in [0.2, 0.25) is 0 Å². The molecule has 1 heterocycles. The van der Waals surface area contributed by atoms with Gasteiger partial charge in [0.05, 0.1) is 12.2 Å². The Morgan fingerprint density at radius 1 is 1.15 bits per heavy atom. The first-order valence-electron chi connectivity index (χ1n) is 5.20. The van der Waals surface area contributed by atoms with Crippen LogP contribution in [0.25, 0.3) is 0 Å². The van der Waals surface area contributed by atoms with Gasteiger partial charge >= 0.3 is 0 Å². The average molecular weight is 183 g/mol. The standard InChI is InChI=1S/C10H17NO2/c12-7-8-5-10(6-8)13-9-1-3-11-4-2-9/h7-11H,1-6H2/t8-,10-. The number of carbonyl (C=O) groups excluding carboxylic acids is 1. The van der Waals surface area contributed by atoms with Crippen molar-refractivity contribution < 1.29 is 9.53 Å². The first-order valence-corrected chi connectivity index (χ1v) is 5.20. The Labute approximate surface area is 78.8 Å². The zero-order valence-electron chi connectivity index (χ0n) is 7.87. The van der Waals surface area contributed by atoms with Crippen molar-refractivity contribution in [3.63, 3.8) is 0 Å². The lowest BCUT2D eigenvalue weighted by atomic mass is 9.83. The van der Waals surface area contributed by atoms with Gasteiger partial charge in [0, 0.05) is 5.92 Å². The monoisotopic (exact) mass is 183 g/mol. The average Bonchev–Trinajstić information content (AvgIpc) is 2.12. The minimum Gasteiger partial charge on any atom is -0.375 e. The number of ether oxygens (including phenoxy) is 1. The fraction of sp³-hybridized carbons (Fsp3) is 0.900. The fourth-order valence-electron chi connectivity index (χ4n) is 2.03. The first kappa shape index (κ1) is 9.16. The topological polar surface area (TPSA) is 38.3 Å². The number of aldehydes is 1. The highest BCUT2D eigenvalue weighted by atomic mass is 16.5. The zero-order valence-corrected chi connectivity index (χ0v) is 7.87. The Hall–Kier alpha value is -0.410. The SMILES string of the molecule is O=C[C@H]1C[C@H](OC2CCNCC2)C1. The Morgan fingerprint density at radius 3 is 2.46 bits per heavy atom. The van der Waals surface area contributed by atoms with Crippen LogP contribution in [-0.2, 0) is 9.53 Å². The largest absolute Gasteiger partial charge is 0.375 e. The van der Waals surface area contributed by atoms with E-state index in [4.69, 9.17) is 4.74 Å². The summed E-state index contributed by atoms with van der Waals surface area (Å²) < 4.78 is 5.86. The van der Waals surface area contributed by atoms with Crippen LogP contribution in [0.3, 0.4) is 0 Å². The summed E-state index contributed by atoms with van der Waals surface area (Å²) in [5.41, 5.74) is 0. The molecular weight excluding hydrogens is 166 g/mol. The molecule has 1 aliphatic carbocycles. The summed E-state index contributed by atoms with van der Waals surface area (Å²) in [6.45, 7) is 2.16. The summed E-state index contributed by atoms with van der Waals surface area (Å²) in [4.78, 5) is 10.4. The molecule has 0 aromatic rings. The van der Waals surface area contributed by atoms with E-state index in [9.17, 15) is 4.79 Å². The molecule has 0 radical (unpaired) electrons. The predicted molar refractivity (Wildman–Crippen MR) is 49.6 cm³/mol. The fourth-order valence-corrected chi connectivity index (χ4v) is 2.03. The highest BCUT2D eigenvalue weighted by Crippen LogP contribution is 2.30. The second-order valence-electron chi connectivity index (χ2n) is 4.08. The number of rotatable bonds is 3. The number of hydrogen-bond donors (Lipinski definition) is 1. The molecule has 0 aromatic heterocycles. The second-order valence-corrected chi connectivity index (χ2v) is 4.08. The molecule has 1 N–H and O–H groups in total. The third-order valence-electron chi connectivity index (χ3n) is 2.99. The van der Waals surface area contributed by atoms with Gasteiger partial charge in [0.1, 0.15) is 6.29 Å². The van der Waals surface area contributed by atoms with Crippen molar-refractivity contribution >= 4 is 6.29 Å². The van der Waals surface area contributed by atoms with Crippen LogP contribution in [0, 0.1) is 5.92 Å². The molecule has 13 heavy (non-hydrogen) atoms. The summed E-state index contributed by atoms with van der Waals surface area (Å²) in [5.74, 6) is 0.284. The smallest absolute Gasteiger partial charge is 0.123 e. The maximum absolute atomic E-state index is 10.4. The van der Waals surface area contributed by atoms with Crippen molar-refractivity contribution in [1.29, 1.82) is 0 Å². The molecule has 1 saturated carbocycles. The molecule has 3 nitrogen and oxygen atoms in total. The lowest BCUT2D eigenvalue weighted by Crippen LogP contribution is -2.39. The van der Waals surface area contributed by atoms with Crippen LogP contribution < -0.4 is 5.32 Å². The molecule has 74 valence electrons. The van der Waals surface area contributed by atoms with Gasteiger partial charge in [-0.1, -0.05) is 0 Å². The van der Waals surface area contributed by atoms with Gasteiger partial charge in [0.15, 0.2) is 0 Å². The summed E-state index contributed by atoms with van der Waals surface area (Å²) >= 11 is 0. The van der Waals surface area contributed by atoms with E-state index in [2.05, 4.69) is 5.32 Å². The van der Waals surface area contributed by atoms with E-state index >= 15 is 0 Å². The molecule has 2 rings (SSSR count). The summed E-state index contributed by atoms with van der Waals surface area (Å²) in [6, 6.07) is 0. The molecule has 0 spiro atoms. The summed E-state index contributed by atoms with van der Waals surface area (Å²) in [6.07, 6.45) is 6.03. The highest BCUT2D eigenvalue weighted by Gasteiger charge is 2.31. The van der Waals surface area contributed by atoms with E-state index in [1.54, 1.807) is 0 Å². The van der Waals surface area contributed by atoms with Gasteiger partial charge in [-0.05, 0) is 38.8 Å². The van der Waals surface area contributed by atoms with Crippen molar-refractivity contribution in [3.05, 3.63) is 0 Å². The van der Waals surface area contributed by atoms with Crippen molar-refractivity contribution in [1.82, 2.24) is 5.32 Å². The van der Waals surface area contributed by atoms with E-state index in [1.807, 2.05) is 0 Å². The Bertz CT molecular complexity index is 172. The lowest BCUT2D eigenvalue weighted by Gasteiger charge is -2.36. The Balaban J connectivity index is 1.64. The maximum atomic E-state index is 10.4. The summed E-state index contributed by atoms with van der Waals surface area (Å²) in [7, 11) is 0. The number of carbonyl (C=O) groups is 1. The van der Waals surface area contributed by atoms with Crippen LogP contribution in [-0.4, -0.2) is 31.6 Å². The third-order valence-corrected chi connectivity index (χ3v) is 2.99. The van der Waals surface area contributed by atoms with E-state index in [-0.39, 0.29) is 5.92 Å². The van der Waals surface area contributed by atoms with Crippen LogP contribution in [0.5, 0.6) is 0 Å². The van der Waals surface area contributed by atoms with Gasteiger partial charge in [0.2, 0.25) is 0 Å². The van der Waals surface area contributed by atoms with E-state index < -0.39 is 0 Å². The van der Waals surface area contributed by atoms with Gasteiger partial charge < -0.3 is 14.8 Å². The summed E-state index contributed by atoms with van der Waals surface area (Å²) in [5, 5.41) is 3.31. The van der Waals surface area contributed by atoms with Gasteiger partial charge in [-0.25, -0.2) is 0 Å². The van der Waals surface area contributed by atoms with Crippen molar-refractivity contribution in [2.75, 3.05) is 13.1 Å². The number of nitrogens with one attached hydrogen (secondary N) is 1. The normalized spacial score (nSPS) is 35.4. The van der Waals surface area contributed by atoms with Crippen LogP contribution in [0.15, 0.2) is 0 Å². The minimum atomic E-state index is 0.284. The second kappa shape index (κ2) is 4.20. The molecule has 0 atom stereocenters. The first-order chi connectivity index (χ1) is 6.38. The molecule has 0 amide bonds. The van der Waals surface area contributed by atoms with Crippen molar-refractivity contribution in [2.24, 2.45) is 5.92 Å². The van der Waals surface area contributed by atoms with E-state index in [0.717, 1.165) is 45.1 Å². The van der Waals surface area contributed by atoms with Gasteiger partial charge in [0.25, 0.3) is 0 Å². The van der Waals surface area contributed by atoms with E-state index in [1.165, 1.54) is 0 Å². The molecular formula is C10H17NO2. The minimum absolute atomic E-state index is 0.284. The molecule has 3 heteroatoms. The van der Waals surface area contributed by atoms with Crippen LogP contribution in [0.1, 0.15) is 25.7 Å². The predicted octanol–water partition coefficient (Wildman–Crippen LogP) is 0.732. The van der Waals surface area contributed by atoms with Gasteiger partial charge in [-0.15, -0.1) is 0 Å². The molecule has 1 aliphatic heterocycles. The maximum Gasteiger partial charge on any atom is 0.123 e. The van der Waals surface area contributed by atoms with E-state index in [0.29, 0.717) is 12.2 Å². The Morgan fingerprint density at radius 2 is 1.85 bits per heavy atom. The quantitative estimate of drug-likeness (QED) is 0.656. The molecule has 0 unspecified atom stereocenters. The molecule has 2 fully saturated rings. The van der Waals surface area contributed by atoms with Crippen LogP contribution in [0.4, 0.5) is 0 Å². The zero-order chi connectivity index (χ0) is 9.10.